The maximum atomic E-state index is 10.8. The Morgan fingerprint density at radius 1 is 1.64 bits per heavy atom. The summed E-state index contributed by atoms with van der Waals surface area (Å²) in [6.45, 7) is 3.62. The molecule has 1 fully saturated rings. The second-order valence-electron chi connectivity index (χ2n) is 4.17. The zero-order valence-electron chi connectivity index (χ0n) is 8.46. The van der Waals surface area contributed by atoms with Crippen LogP contribution in [-0.4, -0.2) is 11.1 Å². The van der Waals surface area contributed by atoms with Crippen LogP contribution in [0.1, 0.15) is 38.8 Å². The summed E-state index contributed by atoms with van der Waals surface area (Å²) in [5.41, 5.74) is 1.12. The molecule has 14 heavy (non-hydrogen) atoms. The van der Waals surface area contributed by atoms with Crippen LogP contribution >= 0.6 is 0 Å². The van der Waals surface area contributed by atoms with Crippen LogP contribution in [0.5, 0.6) is 0 Å². The van der Waals surface area contributed by atoms with Crippen molar-refractivity contribution in [2.24, 2.45) is 0 Å². The molecule has 0 unspecified atom stereocenters. The summed E-state index contributed by atoms with van der Waals surface area (Å²) in [4.78, 5) is 10.8. The molecule has 1 heterocycles. The Morgan fingerprint density at radius 2 is 2.36 bits per heavy atom. The fourth-order valence-electron chi connectivity index (χ4n) is 1.76. The third kappa shape index (κ3) is 1.52. The number of hydrogen-bond donors (Lipinski definition) is 1. The Morgan fingerprint density at radius 3 is 2.86 bits per heavy atom. The largest absolute Gasteiger partial charge is 0.338 e. The first-order valence-electron chi connectivity index (χ1n) is 4.85. The molecule has 1 aromatic rings. The minimum atomic E-state index is -0.133. The standard InChI is InChI=1S/C10H14N2O2/c1-7(13)11-9-6-8(12-14-9)10(2)4-3-5-10/h6H,3-5H2,1-2H3,(H,11,13). The van der Waals surface area contributed by atoms with Gasteiger partial charge in [-0.25, -0.2) is 0 Å². The van der Waals surface area contributed by atoms with Gasteiger partial charge in [-0.3, -0.25) is 10.1 Å². The Labute approximate surface area is 82.7 Å². The molecule has 1 amide bonds. The van der Waals surface area contributed by atoms with Gasteiger partial charge in [-0.1, -0.05) is 18.5 Å². The Bertz CT molecular complexity index is 353. The van der Waals surface area contributed by atoms with E-state index in [1.807, 2.05) is 6.07 Å². The summed E-state index contributed by atoms with van der Waals surface area (Å²) in [7, 11) is 0. The van der Waals surface area contributed by atoms with E-state index in [0.717, 1.165) is 18.5 Å². The number of aromatic nitrogens is 1. The molecule has 0 aromatic carbocycles. The summed E-state index contributed by atoms with van der Waals surface area (Å²) in [5.74, 6) is 0.312. The van der Waals surface area contributed by atoms with Gasteiger partial charge in [0.2, 0.25) is 11.8 Å². The summed E-state index contributed by atoms with van der Waals surface area (Å²) in [6.07, 6.45) is 3.55. The lowest BCUT2D eigenvalue weighted by atomic mass is 9.68. The Kier molecular flexibility index (Phi) is 2.06. The van der Waals surface area contributed by atoms with Gasteiger partial charge in [-0.05, 0) is 12.8 Å². The number of rotatable bonds is 2. The molecule has 4 nitrogen and oxygen atoms in total. The highest BCUT2D eigenvalue weighted by molar-refractivity contribution is 5.87. The van der Waals surface area contributed by atoms with Crippen LogP contribution in [0.3, 0.4) is 0 Å². The van der Waals surface area contributed by atoms with Crippen molar-refractivity contribution in [2.45, 2.75) is 38.5 Å². The lowest BCUT2D eigenvalue weighted by molar-refractivity contribution is -0.114. The van der Waals surface area contributed by atoms with Gasteiger partial charge >= 0.3 is 0 Å². The molecule has 4 heteroatoms. The summed E-state index contributed by atoms with van der Waals surface area (Å²) in [5, 5.41) is 6.55. The molecule has 0 atom stereocenters. The van der Waals surface area contributed by atoms with Crippen LogP contribution in [0.4, 0.5) is 5.88 Å². The predicted molar refractivity (Wildman–Crippen MR) is 52.0 cm³/mol. The normalized spacial score (nSPS) is 18.7. The highest BCUT2D eigenvalue weighted by atomic mass is 16.5. The van der Waals surface area contributed by atoms with Gasteiger partial charge < -0.3 is 4.52 Å². The smallest absolute Gasteiger partial charge is 0.231 e. The maximum Gasteiger partial charge on any atom is 0.231 e. The van der Waals surface area contributed by atoms with Crippen molar-refractivity contribution >= 4 is 11.8 Å². The van der Waals surface area contributed by atoms with E-state index in [2.05, 4.69) is 17.4 Å². The zero-order chi connectivity index (χ0) is 10.2. The van der Waals surface area contributed by atoms with Crippen LogP contribution < -0.4 is 5.32 Å². The molecule has 0 aliphatic heterocycles. The number of hydrogen-bond acceptors (Lipinski definition) is 3. The molecule has 76 valence electrons. The van der Waals surface area contributed by atoms with Gasteiger partial charge in [0, 0.05) is 18.4 Å². The first kappa shape index (κ1) is 9.24. The fraction of sp³-hybridized carbons (Fsp3) is 0.600. The van der Waals surface area contributed by atoms with Crippen LogP contribution in [0, 0.1) is 0 Å². The van der Waals surface area contributed by atoms with Gasteiger partial charge in [-0.2, -0.15) is 0 Å². The van der Waals surface area contributed by atoms with Gasteiger partial charge in [0.15, 0.2) is 0 Å². The van der Waals surface area contributed by atoms with Crippen molar-refractivity contribution in [1.82, 2.24) is 5.16 Å². The van der Waals surface area contributed by atoms with Crippen LogP contribution in [0.2, 0.25) is 0 Å². The van der Waals surface area contributed by atoms with Gasteiger partial charge in [0.25, 0.3) is 0 Å². The predicted octanol–water partition coefficient (Wildman–Crippen LogP) is 2.07. The molecule has 1 aromatic heterocycles. The fourth-order valence-corrected chi connectivity index (χ4v) is 1.76. The number of anilines is 1. The lowest BCUT2D eigenvalue weighted by Crippen LogP contribution is -2.30. The zero-order valence-corrected chi connectivity index (χ0v) is 8.46. The number of nitrogens with zero attached hydrogens (tertiary/aromatic N) is 1. The highest BCUT2D eigenvalue weighted by Crippen LogP contribution is 2.43. The average Bonchev–Trinajstić information content (AvgIpc) is 2.47. The molecule has 2 rings (SSSR count). The second kappa shape index (κ2) is 3.12. The summed E-state index contributed by atoms with van der Waals surface area (Å²) < 4.78 is 5.02. The number of amides is 1. The quantitative estimate of drug-likeness (QED) is 0.784. The second-order valence-corrected chi connectivity index (χ2v) is 4.17. The minimum Gasteiger partial charge on any atom is -0.338 e. The first-order chi connectivity index (χ1) is 6.60. The van der Waals surface area contributed by atoms with Crippen LogP contribution in [0.25, 0.3) is 0 Å². The van der Waals surface area contributed by atoms with E-state index in [4.69, 9.17) is 4.52 Å². The van der Waals surface area contributed by atoms with E-state index < -0.39 is 0 Å². The van der Waals surface area contributed by atoms with Crippen LogP contribution in [0.15, 0.2) is 10.6 Å². The Balaban J connectivity index is 2.13. The third-order valence-corrected chi connectivity index (χ3v) is 2.88. The van der Waals surface area contributed by atoms with Gasteiger partial charge in [0.1, 0.15) is 0 Å². The van der Waals surface area contributed by atoms with E-state index in [0.29, 0.717) is 5.88 Å². The molecular formula is C10H14N2O2. The van der Waals surface area contributed by atoms with Crippen molar-refractivity contribution in [3.63, 3.8) is 0 Å². The molecule has 0 bridgehead atoms. The van der Waals surface area contributed by atoms with Crippen molar-refractivity contribution < 1.29 is 9.32 Å². The van der Waals surface area contributed by atoms with E-state index in [1.165, 1.54) is 13.3 Å². The van der Waals surface area contributed by atoms with Crippen molar-refractivity contribution in [3.8, 4) is 0 Å². The number of carbonyl (C=O) groups excluding carboxylic acids is 1. The van der Waals surface area contributed by atoms with Crippen LogP contribution in [-0.2, 0) is 10.2 Å². The SMILES string of the molecule is CC(=O)Nc1cc(C2(C)CCC2)no1. The van der Waals surface area contributed by atoms with Crippen molar-refractivity contribution in [2.75, 3.05) is 5.32 Å². The highest BCUT2D eigenvalue weighted by Gasteiger charge is 2.36. The molecule has 1 saturated carbocycles. The van der Waals surface area contributed by atoms with Gasteiger partial charge in [-0.15, -0.1) is 0 Å². The topological polar surface area (TPSA) is 55.1 Å². The monoisotopic (exact) mass is 194 g/mol. The number of carbonyl (C=O) groups is 1. The molecular weight excluding hydrogens is 180 g/mol. The molecule has 1 N–H and O–H groups in total. The van der Waals surface area contributed by atoms with E-state index in [1.54, 1.807) is 0 Å². The van der Waals surface area contributed by atoms with Crippen molar-refractivity contribution in [3.05, 3.63) is 11.8 Å². The maximum absolute atomic E-state index is 10.8. The lowest BCUT2D eigenvalue weighted by Gasteiger charge is -2.35. The summed E-state index contributed by atoms with van der Waals surface area (Å²) >= 11 is 0. The molecule has 0 saturated heterocycles. The Hall–Kier alpha value is -1.32. The van der Waals surface area contributed by atoms with E-state index >= 15 is 0 Å². The molecule has 1 aliphatic rings. The van der Waals surface area contributed by atoms with Crippen molar-refractivity contribution in [1.29, 1.82) is 0 Å². The average molecular weight is 194 g/mol. The molecule has 0 spiro atoms. The number of nitrogens with one attached hydrogen (secondary N) is 1. The van der Waals surface area contributed by atoms with E-state index in [9.17, 15) is 4.79 Å². The van der Waals surface area contributed by atoms with Gasteiger partial charge in [0.05, 0.1) is 5.69 Å². The molecule has 0 radical (unpaired) electrons. The molecule has 1 aliphatic carbocycles. The van der Waals surface area contributed by atoms with E-state index in [-0.39, 0.29) is 11.3 Å². The minimum absolute atomic E-state index is 0.133. The third-order valence-electron chi connectivity index (χ3n) is 2.88. The first-order valence-corrected chi connectivity index (χ1v) is 4.85. The summed E-state index contributed by atoms with van der Waals surface area (Å²) in [6, 6.07) is 1.82.